The molecule has 0 aromatic heterocycles. The highest BCUT2D eigenvalue weighted by Gasteiger charge is 2.32. The van der Waals surface area contributed by atoms with E-state index in [9.17, 15) is 14.4 Å². The Labute approximate surface area is 167 Å². The maximum Gasteiger partial charge on any atom is 0.338 e. The molecule has 0 saturated carbocycles. The maximum atomic E-state index is 12.3. The van der Waals surface area contributed by atoms with Crippen LogP contribution in [0.2, 0.25) is 10.0 Å². The Morgan fingerprint density at radius 3 is 2.41 bits per heavy atom. The van der Waals surface area contributed by atoms with Crippen molar-refractivity contribution in [3.8, 4) is 0 Å². The summed E-state index contributed by atoms with van der Waals surface area (Å²) in [5, 5.41) is 5.86. The summed E-state index contributed by atoms with van der Waals surface area (Å²) >= 11 is 12.1. The predicted molar refractivity (Wildman–Crippen MR) is 101 cm³/mol. The third-order valence-corrected chi connectivity index (χ3v) is 4.62. The van der Waals surface area contributed by atoms with Crippen molar-refractivity contribution in [2.45, 2.75) is 32.7 Å². The van der Waals surface area contributed by atoms with Gasteiger partial charge in [-0.05, 0) is 25.5 Å². The number of urea groups is 1. The van der Waals surface area contributed by atoms with Crippen LogP contribution in [0.3, 0.4) is 0 Å². The van der Waals surface area contributed by atoms with Gasteiger partial charge < -0.3 is 20.1 Å². The number of hydrogen-bond donors (Lipinski definition) is 2. The molecular formula is C18H20Cl2N2O5. The number of esters is 2. The maximum absolute atomic E-state index is 12.3. The Morgan fingerprint density at radius 2 is 1.81 bits per heavy atom. The van der Waals surface area contributed by atoms with Crippen LogP contribution >= 0.6 is 23.2 Å². The number of halogens is 2. The molecule has 2 N–H and O–H groups in total. The van der Waals surface area contributed by atoms with Gasteiger partial charge in [-0.25, -0.2) is 9.59 Å². The molecule has 2 amide bonds. The van der Waals surface area contributed by atoms with E-state index in [0.717, 1.165) is 0 Å². The summed E-state index contributed by atoms with van der Waals surface area (Å²) in [7, 11) is 0. The van der Waals surface area contributed by atoms with Crippen molar-refractivity contribution in [1.29, 1.82) is 0 Å². The molecule has 0 fully saturated rings. The van der Waals surface area contributed by atoms with Gasteiger partial charge in [-0.15, -0.1) is 0 Å². The van der Waals surface area contributed by atoms with Gasteiger partial charge in [0.1, 0.15) is 6.61 Å². The number of carbonyl (C=O) groups is 3. The van der Waals surface area contributed by atoms with E-state index in [2.05, 4.69) is 10.6 Å². The Morgan fingerprint density at radius 1 is 1.15 bits per heavy atom. The van der Waals surface area contributed by atoms with Gasteiger partial charge in [0.15, 0.2) is 0 Å². The van der Waals surface area contributed by atoms with Crippen molar-refractivity contribution in [3.05, 3.63) is 45.1 Å². The van der Waals surface area contributed by atoms with E-state index in [0.29, 0.717) is 22.0 Å². The van der Waals surface area contributed by atoms with Gasteiger partial charge in [0.2, 0.25) is 0 Å². The molecule has 1 atom stereocenters. The first kappa shape index (κ1) is 21.1. The van der Waals surface area contributed by atoms with Crippen LogP contribution in [0, 0.1) is 0 Å². The number of nitrogens with one attached hydrogen (secondary N) is 2. The van der Waals surface area contributed by atoms with Crippen molar-refractivity contribution >= 4 is 41.2 Å². The summed E-state index contributed by atoms with van der Waals surface area (Å²) in [5.41, 5.74) is 0.886. The lowest BCUT2D eigenvalue weighted by Gasteiger charge is -2.28. The van der Waals surface area contributed by atoms with Gasteiger partial charge in [-0.3, -0.25) is 4.79 Å². The molecule has 0 saturated heterocycles. The highest BCUT2D eigenvalue weighted by Crippen LogP contribution is 2.25. The first-order chi connectivity index (χ1) is 12.9. The van der Waals surface area contributed by atoms with E-state index >= 15 is 0 Å². The standard InChI is InChI=1S/C18H20Cl2N2O5/c1-3-13-16(17(24)26-4-2)14(22-18(25)21-13)9-27-15(23)8-10-11(19)6-5-7-12(10)20/h5-7,13H,3-4,8-9H2,1-2H3,(H2,21,22,25)/t13-/m0/s1. The van der Waals surface area contributed by atoms with Gasteiger partial charge in [0.25, 0.3) is 0 Å². The fraction of sp³-hybridized carbons (Fsp3) is 0.389. The Bertz CT molecular complexity index is 759. The fourth-order valence-electron chi connectivity index (χ4n) is 2.62. The fourth-order valence-corrected chi connectivity index (χ4v) is 3.16. The molecule has 0 spiro atoms. The number of benzene rings is 1. The number of amides is 2. The third kappa shape index (κ3) is 5.37. The molecular weight excluding hydrogens is 395 g/mol. The zero-order valence-corrected chi connectivity index (χ0v) is 16.4. The summed E-state index contributed by atoms with van der Waals surface area (Å²) in [6.07, 6.45) is 0.345. The van der Waals surface area contributed by atoms with E-state index in [1.165, 1.54) is 0 Å². The highest BCUT2D eigenvalue weighted by molar-refractivity contribution is 6.36. The second-order valence-corrected chi connectivity index (χ2v) is 6.52. The molecule has 27 heavy (non-hydrogen) atoms. The molecule has 0 unspecified atom stereocenters. The average molecular weight is 415 g/mol. The summed E-state index contributed by atoms with van der Waals surface area (Å²) in [6, 6.07) is 3.91. The van der Waals surface area contributed by atoms with E-state index < -0.39 is 24.0 Å². The highest BCUT2D eigenvalue weighted by atomic mass is 35.5. The minimum absolute atomic E-state index is 0.135. The van der Waals surface area contributed by atoms with Crippen molar-refractivity contribution in [3.63, 3.8) is 0 Å². The summed E-state index contributed by atoms with van der Waals surface area (Å²) in [6.45, 7) is 3.41. The smallest absolute Gasteiger partial charge is 0.338 e. The van der Waals surface area contributed by atoms with Crippen LogP contribution in [0.15, 0.2) is 29.5 Å². The predicted octanol–water partition coefficient (Wildman–Crippen LogP) is 2.99. The molecule has 0 aliphatic carbocycles. The zero-order chi connectivity index (χ0) is 20.0. The molecule has 0 bridgehead atoms. The SMILES string of the molecule is CCOC(=O)C1=C(COC(=O)Cc2c(Cl)cccc2Cl)NC(=O)N[C@H]1CC. The molecule has 2 rings (SSSR count). The van der Waals surface area contributed by atoms with E-state index in [1.54, 1.807) is 25.1 Å². The number of rotatable bonds is 7. The van der Waals surface area contributed by atoms with Crippen molar-refractivity contribution in [2.75, 3.05) is 13.2 Å². The van der Waals surface area contributed by atoms with Gasteiger partial charge in [-0.1, -0.05) is 36.2 Å². The van der Waals surface area contributed by atoms with E-state index in [-0.39, 0.29) is 30.9 Å². The normalized spacial score (nSPS) is 16.4. The van der Waals surface area contributed by atoms with Crippen molar-refractivity contribution in [2.24, 2.45) is 0 Å². The van der Waals surface area contributed by atoms with Crippen LogP contribution in [-0.4, -0.2) is 37.2 Å². The molecule has 1 heterocycles. The molecule has 146 valence electrons. The second-order valence-electron chi connectivity index (χ2n) is 5.71. The Balaban J connectivity index is 2.15. The topological polar surface area (TPSA) is 93.7 Å². The second kappa shape index (κ2) is 9.62. The lowest BCUT2D eigenvalue weighted by atomic mass is 10.0. The van der Waals surface area contributed by atoms with Crippen LogP contribution in [-0.2, 0) is 25.5 Å². The largest absolute Gasteiger partial charge is 0.463 e. The molecule has 0 radical (unpaired) electrons. The number of carbonyl (C=O) groups excluding carboxylic acids is 3. The first-order valence-corrected chi connectivity index (χ1v) is 9.19. The monoisotopic (exact) mass is 414 g/mol. The molecule has 1 aliphatic heterocycles. The molecule has 1 aliphatic rings. The van der Waals surface area contributed by atoms with Crippen LogP contribution in [0.1, 0.15) is 25.8 Å². The van der Waals surface area contributed by atoms with E-state index in [4.69, 9.17) is 32.7 Å². The van der Waals surface area contributed by atoms with Crippen LogP contribution < -0.4 is 10.6 Å². The molecule has 1 aromatic rings. The minimum atomic E-state index is -0.596. The van der Waals surface area contributed by atoms with Crippen LogP contribution in [0.25, 0.3) is 0 Å². The van der Waals surface area contributed by atoms with Gasteiger partial charge in [-0.2, -0.15) is 0 Å². The minimum Gasteiger partial charge on any atom is -0.463 e. The summed E-state index contributed by atoms with van der Waals surface area (Å²) < 4.78 is 10.3. The lowest BCUT2D eigenvalue weighted by Crippen LogP contribution is -2.51. The van der Waals surface area contributed by atoms with Crippen LogP contribution in [0.5, 0.6) is 0 Å². The molecule has 9 heteroatoms. The Kier molecular flexibility index (Phi) is 7.50. The number of ether oxygens (including phenoxy) is 2. The summed E-state index contributed by atoms with van der Waals surface area (Å²) in [5.74, 6) is -1.17. The van der Waals surface area contributed by atoms with E-state index in [1.807, 2.05) is 6.92 Å². The molecule has 7 nitrogen and oxygen atoms in total. The van der Waals surface area contributed by atoms with Gasteiger partial charge in [0, 0.05) is 15.6 Å². The van der Waals surface area contributed by atoms with Crippen LogP contribution in [0.4, 0.5) is 4.79 Å². The van der Waals surface area contributed by atoms with Crippen molar-refractivity contribution < 1.29 is 23.9 Å². The third-order valence-electron chi connectivity index (χ3n) is 3.91. The quantitative estimate of drug-likeness (QED) is 0.668. The first-order valence-electron chi connectivity index (χ1n) is 8.43. The number of hydrogen-bond acceptors (Lipinski definition) is 5. The lowest BCUT2D eigenvalue weighted by molar-refractivity contribution is -0.143. The Hall–Kier alpha value is -2.25. The average Bonchev–Trinajstić information content (AvgIpc) is 2.62. The van der Waals surface area contributed by atoms with Gasteiger partial charge >= 0.3 is 18.0 Å². The van der Waals surface area contributed by atoms with Gasteiger partial charge in [0.05, 0.1) is 30.3 Å². The van der Waals surface area contributed by atoms with Crippen molar-refractivity contribution in [1.82, 2.24) is 10.6 Å². The molecule has 1 aromatic carbocycles. The zero-order valence-electron chi connectivity index (χ0n) is 14.9. The summed E-state index contributed by atoms with van der Waals surface area (Å²) in [4.78, 5) is 36.3.